The minimum Gasteiger partial charge on any atom is -0.480 e. The molecule has 0 aliphatic carbocycles. The molecule has 1 N–H and O–H groups in total. The third-order valence-electron chi connectivity index (χ3n) is 4.38. The minimum absolute atomic E-state index is 0.0380. The van der Waals surface area contributed by atoms with E-state index in [-0.39, 0.29) is 11.3 Å². The molecule has 21 heavy (non-hydrogen) atoms. The number of aliphatic carboxylic acids is 1. The Morgan fingerprint density at radius 1 is 1.29 bits per heavy atom. The Hall–Kier alpha value is -1.84. The highest BCUT2D eigenvalue weighted by atomic mass is 16.4. The molecule has 1 heterocycles. The Bertz CT molecular complexity index is 510. The number of likely N-dealkylation sites (tertiary alicyclic amines) is 1. The molecule has 0 bridgehead atoms. The van der Waals surface area contributed by atoms with Gasteiger partial charge in [-0.25, -0.2) is 4.79 Å². The number of amides is 1. The monoisotopic (exact) mass is 289 g/mol. The van der Waals surface area contributed by atoms with Gasteiger partial charge in [-0.05, 0) is 30.2 Å². The number of carboxylic acids is 1. The van der Waals surface area contributed by atoms with Gasteiger partial charge in [0.15, 0.2) is 0 Å². The Balaban J connectivity index is 1.96. The van der Waals surface area contributed by atoms with E-state index < -0.39 is 12.0 Å². The summed E-state index contributed by atoms with van der Waals surface area (Å²) in [6.45, 7) is 4.81. The topological polar surface area (TPSA) is 57.6 Å². The number of nitrogens with zero attached hydrogens (tertiary/aromatic N) is 1. The van der Waals surface area contributed by atoms with Crippen LogP contribution in [0.4, 0.5) is 0 Å². The van der Waals surface area contributed by atoms with Crippen molar-refractivity contribution in [1.82, 2.24) is 4.90 Å². The van der Waals surface area contributed by atoms with Crippen LogP contribution in [0.15, 0.2) is 30.3 Å². The first-order valence-electron chi connectivity index (χ1n) is 7.49. The second-order valence-electron chi connectivity index (χ2n) is 6.33. The third-order valence-corrected chi connectivity index (χ3v) is 4.38. The maximum absolute atomic E-state index is 12.3. The molecule has 2 rings (SSSR count). The van der Waals surface area contributed by atoms with Gasteiger partial charge in [-0.15, -0.1) is 0 Å². The second-order valence-corrected chi connectivity index (χ2v) is 6.33. The summed E-state index contributed by atoms with van der Waals surface area (Å²) >= 11 is 0. The highest BCUT2D eigenvalue weighted by molar-refractivity contribution is 5.84. The van der Waals surface area contributed by atoms with E-state index in [0.717, 1.165) is 12.8 Å². The van der Waals surface area contributed by atoms with E-state index in [0.29, 0.717) is 19.4 Å². The lowest BCUT2D eigenvalue weighted by Crippen LogP contribution is -2.40. The van der Waals surface area contributed by atoms with Crippen LogP contribution >= 0.6 is 0 Å². The third kappa shape index (κ3) is 3.63. The number of benzene rings is 1. The predicted molar refractivity (Wildman–Crippen MR) is 81.1 cm³/mol. The molecule has 0 unspecified atom stereocenters. The summed E-state index contributed by atoms with van der Waals surface area (Å²) in [4.78, 5) is 25.0. The molecule has 1 aliphatic rings. The Kier molecular flexibility index (Phi) is 4.66. The molecule has 1 aromatic rings. The maximum Gasteiger partial charge on any atom is 0.326 e. The zero-order valence-corrected chi connectivity index (χ0v) is 12.7. The first-order valence-corrected chi connectivity index (χ1v) is 7.49. The minimum atomic E-state index is -0.886. The van der Waals surface area contributed by atoms with Gasteiger partial charge in [0.25, 0.3) is 0 Å². The lowest BCUT2D eigenvalue weighted by atomic mass is 9.80. The lowest BCUT2D eigenvalue weighted by molar-refractivity contribution is -0.148. The van der Waals surface area contributed by atoms with Crippen LogP contribution in [0, 0.1) is 0 Å². The molecule has 1 fully saturated rings. The summed E-state index contributed by atoms with van der Waals surface area (Å²) in [7, 11) is 0. The van der Waals surface area contributed by atoms with Gasteiger partial charge in [0.2, 0.25) is 5.91 Å². The predicted octanol–water partition coefficient (Wildman–Crippen LogP) is 2.82. The Morgan fingerprint density at radius 2 is 1.95 bits per heavy atom. The first kappa shape index (κ1) is 15.5. The summed E-state index contributed by atoms with van der Waals surface area (Å²) in [6.07, 6.45) is 2.47. The molecule has 114 valence electrons. The molecular weight excluding hydrogens is 266 g/mol. The van der Waals surface area contributed by atoms with Crippen molar-refractivity contribution in [2.24, 2.45) is 0 Å². The van der Waals surface area contributed by atoms with Gasteiger partial charge in [0.1, 0.15) is 6.04 Å². The average molecular weight is 289 g/mol. The van der Waals surface area contributed by atoms with E-state index in [1.807, 2.05) is 18.2 Å². The van der Waals surface area contributed by atoms with Gasteiger partial charge in [0, 0.05) is 13.0 Å². The molecule has 4 heteroatoms. The van der Waals surface area contributed by atoms with Crippen molar-refractivity contribution in [1.29, 1.82) is 0 Å². The number of carbonyl (C=O) groups is 2. The molecule has 0 radical (unpaired) electrons. The van der Waals surface area contributed by atoms with Crippen LogP contribution in [0.3, 0.4) is 0 Å². The molecule has 1 amide bonds. The van der Waals surface area contributed by atoms with E-state index >= 15 is 0 Å². The number of carbonyl (C=O) groups excluding carboxylic acids is 1. The van der Waals surface area contributed by atoms with Gasteiger partial charge in [-0.1, -0.05) is 44.2 Å². The van der Waals surface area contributed by atoms with Gasteiger partial charge in [-0.2, -0.15) is 0 Å². The van der Waals surface area contributed by atoms with Crippen LogP contribution in [0.5, 0.6) is 0 Å². The summed E-state index contributed by atoms with van der Waals surface area (Å²) in [5.74, 6) is -0.924. The number of carboxylic acid groups (broad SMARTS) is 1. The Morgan fingerprint density at radius 3 is 2.57 bits per heavy atom. The van der Waals surface area contributed by atoms with Crippen molar-refractivity contribution >= 4 is 11.9 Å². The number of hydrogen-bond acceptors (Lipinski definition) is 2. The molecular formula is C17H23NO3. The largest absolute Gasteiger partial charge is 0.480 e. The van der Waals surface area contributed by atoms with E-state index in [9.17, 15) is 9.59 Å². The summed E-state index contributed by atoms with van der Waals surface area (Å²) < 4.78 is 0. The standard InChI is InChI=1S/C17H23NO3/c1-17(2,13-7-4-3-5-8-13)11-10-15(19)18-12-6-9-14(18)16(20)21/h3-5,7-8,14H,6,9-12H2,1-2H3,(H,20,21)/t14-/m1/s1. The van der Waals surface area contributed by atoms with Crippen LogP contribution in [0.2, 0.25) is 0 Å². The second kappa shape index (κ2) is 6.29. The smallest absolute Gasteiger partial charge is 0.326 e. The zero-order chi connectivity index (χ0) is 15.5. The van der Waals surface area contributed by atoms with Gasteiger partial charge in [-0.3, -0.25) is 4.79 Å². The molecule has 1 aliphatic heterocycles. The lowest BCUT2D eigenvalue weighted by Gasteiger charge is -2.27. The molecule has 0 spiro atoms. The molecule has 4 nitrogen and oxygen atoms in total. The van der Waals surface area contributed by atoms with Crippen LogP contribution in [0.25, 0.3) is 0 Å². The molecule has 1 aromatic carbocycles. The zero-order valence-electron chi connectivity index (χ0n) is 12.7. The van der Waals surface area contributed by atoms with E-state index in [1.54, 1.807) is 0 Å². The van der Waals surface area contributed by atoms with E-state index in [1.165, 1.54) is 10.5 Å². The summed E-state index contributed by atoms with van der Waals surface area (Å²) in [6, 6.07) is 9.49. The van der Waals surface area contributed by atoms with Gasteiger partial charge >= 0.3 is 5.97 Å². The number of hydrogen-bond donors (Lipinski definition) is 1. The number of rotatable bonds is 5. The highest BCUT2D eigenvalue weighted by Gasteiger charge is 2.34. The van der Waals surface area contributed by atoms with Crippen LogP contribution in [-0.2, 0) is 15.0 Å². The Labute approximate surface area is 125 Å². The van der Waals surface area contributed by atoms with Crippen molar-refractivity contribution in [2.75, 3.05) is 6.54 Å². The van der Waals surface area contributed by atoms with Crippen LogP contribution in [-0.4, -0.2) is 34.5 Å². The summed E-state index contributed by atoms with van der Waals surface area (Å²) in [5.41, 5.74) is 1.11. The first-order chi connectivity index (χ1) is 9.92. The fourth-order valence-corrected chi connectivity index (χ4v) is 2.92. The van der Waals surface area contributed by atoms with Gasteiger partial charge in [0.05, 0.1) is 0 Å². The highest BCUT2D eigenvalue weighted by Crippen LogP contribution is 2.29. The molecule has 1 saturated heterocycles. The molecule has 0 saturated carbocycles. The van der Waals surface area contributed by atoms with Crippen molar-refractivity contribution in [2.45, 2.75) is 51.0 Å². The van der Waals surface area contributed by atoms with Crippen molar-refractivity contribution in [3.63, 3.8) is 0 Å². The van der Waals surface area contributed by atoms with E-state index in [4.69, 9.17) is 5.11 Å². The van der Waals surface area contributed by atoms with Gasteiger partial charge < -0.3 is 10.0 Å². The van der Waals surface area contributed by atoms with Crippen molar-refractivity contribution in [3.05, 3.63) is 35.9 Å². The summed E-state index contributed by atoms with van der Waals surface area (Å²) in [5, 5.41) is 9.14. The molecule has 1 atom stereocenters. The SMILES string of the molecule is CC(C)(CCC(=O)N1CCC[C@@H]1C(=O)O)c1ccccc1. The van der Waals surface area contributed by atoms with Crippen LogP contribution < -0.4 is 0 Å². The fourth-order valence-electron chi connectivity index (χ4n) is 2.92. The van der Waals surface area contributed by atoms with Crippen molar-refractivity contribution < 1.29 is 14.7 Å². The average Bonchev–Trinajstić information content (AvgIpc) is 2.95. The molecule has 0 aromatic heterocycles. The van der Waals surface area contributed by atoms with Crippen molar-refractivity contribution in [3.8, 4) is 0 Å². The quantitative estimate of drug-likeness (QED) is 0.906. The normalized spacial score (nSPS) is 18.8. The fraction of sp³-hybridized carbons (Fsp3) is 0.529. The van der Waals surface area contributed by atoms with E-state index in [2.05, 4.69) is 26.0 Å². The maximum atomic E-state index is 12.3. The van der Waals surface area contributed by atoms with Crippen LogP contribution in [0.1, 0.15) is 45.1 Å².